The molecule has 0 spiro atoms. The van der Waals surface area contributed by atoms with E-state index in [0.29, 0.717) is 19.1 Å². The highest BCUT2D eigenvalue weighted by Crippen LogP contribution is 2.32. The number of aliphatic hydroxyl groups excluding tert-OH is 2. The molecule has 1 aliphatic heterocycles. The molecule has 1 aliphatic rings. The molecule has 7 heteroatoms. The van der Waals surface area contributed by atoms with Gasteiger partial charge in [-0.25, -0.2) is 0 Å². The number of nitrogens with zero attached hydrogens (tertiary/aromatic N) is 5. The van der Waals surface area contributed by atoms with Crippen molar-refractivity contribution in [2.24, 2.45) is 7.05 Å². The van der Waals surface area contributed by atoms with Crippen LogP contribution in [0.3, 0.4) is 0 Å². The molecular formula is C26H31N5O2. The van der Waals surface area contributed by atoms with Gasteiger partial charge in [0.2, 0.25) is 0 Å². The number of hydrogen-bond donors (Lipinski definition) is 2. The first-order chi connectivity index (χ1) is 15.7. The molecule has 0 radical (unpaired) electrons. The van der Waals surface area contributed by atoms with Gasteiger partial charge in [0.1, 0.15) is 5.76 Å². The van der Waals surface area contributed by atoms with Crippen LogP contribution in [0.5, 0.6) is 0 Å². The molecular weight excluding hydrogens is 414 g/mol. The molecule has 0 saturated carbocycles. The van der Waals surface area contributed by atoms with Crippen LogP contribution in [0.4, 0.5) is 5.69 Å². The van der Waals surface area contributed by atoms with Gasteiger partial charge in [-0.2, -0.15) is 5.10 Å². The first-order valence-corrected chi connectivity index (χ1v) is 11.1. The predicted octanol–water partition coefficient (Wildman–Crippen LogP) is 4.95. The zero-order valence-corrected chi connectivity index (χ0v) is 19.7. The molecule has 0 amide bonds. The van der Waals surface area contributed by atoms with E-state index in [4.69, 9.17) is 0 Å². The Morgan fingerprint density at radius 2 is 1.91 bits per heavy atom. The van der Waals surface area contributed by atoms with Gasteiger partial charge in [-0.05, 0) is 45.0 Å². The number of allylic oxidation sites excluding steroid dienone is 2. The lowest BCUT2D eigenvalue weighted by Gasteiger charge is -2.27. The fourth-order valence-corrected chi connectivity index (χ4v) is 4.22. The van der Waals surface area contributed by atoms with E-state index in [2.05, 4.69) is 52.4 Å². The van der Waals surface area contributed by atoms with Crippen LogP contribution in [-0.4, -0.2) is 55.6 Å². The van der Waals surface area contributed by atoms with Crippen molar-refractivity contribution in [3.8, 4) is 11.1 Å². The molecule has 33 heavy (non-hydrogen) atoms. The second kappa shape index (κ2) is 9.11. The van der Waals surface area contributed by atoms with Crippen LogP contribution < -0.4 is 4.90 Å². The highest BCUT2D eigenvalue weighted by molar-refractivity contribution is 5.87. The molecule has 7 nitrogen and oxygen atoms in total. The summed E-state index contributed by atoms with van der Waals surface area (Å²) in [5.41, 5.74) is 5.40. The van der Waals surface area contributed by atoms with Crippen molar-refractivity contribution in [2.75, 3.05) is 24.5 Å². The number of fused-ring (bicyclic) bond motifs is 1. The number of aliphatic hydroxyl groups is 2. The lowest BCUT2D eigenvalue weighted by Crippen LogP contribution is -2.35. The monoisotopic (exact) mass is 445 g/mol. The molecule has 172 valence electrons. The summed E-state index contributed by atoms with van der Waals surface area (Å²) in [5, 5.41) is 25.9. The average molecular weight is 446 g/mol. The van der Waals surface area contributed by atoms with Crippen LogP contribution >= 0.6 is 0 Å². The van der Waals surface area contributed by atoms with Crippen molar-refractivity contribution in [3.05, 3.63) is 78.3 Å². The van der Waals surface area contributed by atoms with Crippen LogP contribution in [0.25, 0.3) is 22.0 Å². The van der Waals surface area contributed by atoms with Gasteiger partial charge in [-0.3, -0.25) is 14.6 Å². The van der Waals surface area contributed by atoms with Crippen molar-refractivity contribution < 1.29 is 10.2 Å². The number of anilines is 1. The fraction of sp³-hybridized carbons (Fsp3) is 0.308. The number of rotatable bonds is 4. The minimum Gasteiger partial charge on any atom is -0.512 e. The van der Waals surface area contributed by atoms with Gasteiger partial charge in [0, 0.05) is 79.0 Å². The van der Waals surface area contributed by atoms with Gasteiger partial charge in [-0.15, -0.1) is 0 Å². The average Bonchev–Trinajstić information content (AvgIpc) is 3.10. The maximum atomic E-state index is 10.5. The van der Waals surface area contributed by atoms with E-state index >= 15 is 0 Å². The summed E-state index contributed by atoms with van der Waals surface area (Å²) in [7, 11) is 1.90. The van der Waals surface area contributed by atoms with Gasteiger partial charge in [0.15, 0.2) is 0 Å². The van der Waals surface area contributed by atoms with E-state index in [1.54, 1.807) is 17.7 Å². The van der Waals surface area contributed by atoms with Crippen LogP contribution in [0.1, 0.15) is 20.8 Å². The Bertz CT molecular complexity index is 1250. The lowest BCUT2D eigenvalue weighted by molar-refractivity contribution is 0.250. The summed E-state index contributed by atoms with van der Waals surface area (Å²) in [6.07, 6.45) is 7.30. The molecule has 1 fully saturated rings. The van der Waals surface area contributed by atoms with Crippen LogP contribution in [0, 0.1) is 0 Å². The van der Waals surface area contributed by atoms with Gasteiger partial charge in [0.05, 0.1) is 23.2 Å². The molecule has 3 aromatic rings. The molecule has 0 atom stereocenters. The van der Waals surface area contributed by atoms with Crippen molar-refractivity contribution in [3.63, 3.8) is 0 Å². The summed E-state index contributed by atoms with van der Waals surface area (Å²) < 4.78 is 1.78. The SMILES string of the molecule is C=C(O)C=C1/C(=C(\C)O)CN(C(C)C)CCN1c1ccc2ncc(-c3cnn(C)c3)cc2c1. The second-order valence-electron chi connectivity index (χ2n) is 8.80. The third kappa shape index (κ3) is 4.78. The van der Waals surface area contributed by atoms with Crippen molar-refractivity contribution in [1.82, 2.24) is 19.7 Å². The third-order valence-electron chi connectivity index (χ3n) is 6.06. The van der Waals surface area contributed by atoms with Crippen LogP contribution in [-0.2, 0) is 7.05 Å². The Balaban J connectivity index is 1.82. The van der Waals surface area contributed by atoms with Crippen LogP contribution in [0.15, 0.2) is 78.3 Å². The predicted molar refractivity (Wildman–Crippen MR) is 133 cm³/mol. The first-order valence-electron chi connectivity index (χ1n) is 11.1. The van der Waals surface area contributed by atoms with Gasteiger partial charge < -0.3 is 15.1 Å². The molecule has 0 aliphatic carbocycles. The molecule has 0 unspecified atom stereocenters. The Hall–Kier alpha value is -3.58. The zero-order chi connectivity index (χ0) is 23.7. The zero-order valence-electron chi connectivity index (χ0n) is 19.7. The summed E-state index contributed by atoms with van der Waals surface area (Å²) >= 11 is 0. The smallest absolute Gasteiger partial charge is 0.110 e. The van der Waals surface area contributed by atoms with E-state index < -0.39 is 0 Å². The standard InChI is InChI=1S/C26H31N5O2/c1-17(2)30-8-9-31(26(10-18(3)32)24(16-30)19(4)33)23-6-7-25-20(12-23)11-21(13-27-25)22-14-28-29(5)15-22/h6-7,10-15,17,32-33H,3,8-9,16H2,1-2,4-5H3/b24-19+,26-10?. The van der Waals surface area contributed by atoms with E-state index in [1.165, 1.54) is 0 Å². The highest BCUT2D eigenvalue weighted by atomic mass is 16.3. The van der Waals surface area contributed by atoms with E-state index in [9.17, 15) is 10.2 Å². The Morgan fingerprint density at radius 1 is 1.12 bits per heavy atom. The van der Waals surface area contributed by atoms with E-state index in [-0.39, 0.29) is 11.5 Å². The van der Waals surface area contributed by atoms with Gasteiger partial charge in [-0.1, -0.05) is 6.58 Å². The van der Waals surface area contributed by atoms with Gasteiger partial charge >= 0.3 is 0 Å². The number of pyridine rings is 1. The van der Waals surface area contributed by atoms with Crippen LogP contribution in [0.2, 0.25) is 0 Å². The largest absolute Gasteiger partial charge is 0.512 e. The quantitative estimate of drug-likeness (QED) is 0.553. The Kier molecular flexibility index (Phi) is 6.24. The molecule has 0 bridgehead atoms. The van der Waals surface area contributed by atoms with Crippen molar-refractivity contribution in [1.29, 1.82) is 0 Å². The molecule has 1 saturated heterocycles. The minimum atomic E-state index is -0.0481. The van der Waals surface area contributed by atoms with E-state index in [1.807, 2.05) is 37.8 Å². The molecule has 3 heterocycles. The van der Waals surface area contributed by atoms with E-state index in [0.717, 1.165) is 45.5 Å². The topological polar surface area (TPSA) is 77.7 Å². The number of hydrogen-bond acceptors (Lipinski definition) is 6. The summed E-state index contributed by atoms with van der Waals surface area (Å²) in [6, 6.07) is 8.57. The minimum absolute atomic E-state index is 0.0481. The molecule has 1 aromatic carbocycles. The molecule has 4 rings (SSSR count). The molecule has 2 N–H and O–H groups in total. The first kappa shape index (κ1) is 22.6. The Morgan fingerprint density at radius 3 is 2.55 bits per heavy atom. The van der Waals surface area contributed by atoms with Crippen molar-refractivity contribution in [2.45, 2.75) is 26.8 Å². The second-order valence-corrected chi connectivity index (χ2v) is 8.80. The fourth-order valence-electron chi connectivity index (χ4n) is 4.22. The normalized spacial score (nSPS) is 18.2. The summed E-state index contributed by atoms with van der Waals surface area (Å²) in [4.78, 5) is 9.08. The summed E-state index contributed by atoms with van der Waals surface area (Å²) in [6.45, 7) is 11.8. The van der Waals surface area contributed by atoms with Gasteiger partial charge in [0.25, 0.3) is 0 Å². The number of benzene rings is 1. The van der Waals surface area contributed by atoms with Crippen molar-refractivity contribution >= 4 is 16.6 Å². The Labute approximate surface area is 194 Å². The number of aromatic nitrogens is 3. The lowest BCUT2D eigenvalue weighted by atomic mass is 10.1. The maximum Gasteiger partial charge on any atom is 0.110 e. The third-order valence-corrected chi connectivity index (χ3v) is 6.06. The highest BCUT2D eigenvalue weighted by Gasteiger charge is 2.27. The molecule has 2 aromatic heterocycles. The summed E-state index contributed by atoms with van der Waals surface area (Å²) in [5.74, 6) is 0.189. The maximum absolute atomic E-state index is 10.5. The number of aryl methyl sites for hydroxylation is 1.